The van der Waals surface area contributed by atoms with Crippen molar-refractivity contribution in [2.75, 3.05) is 0 Å². The molecule has 3 saturated carbocycles. The molecule has 1 unspecified atom stereocenters. The molecule has 152 valence electrons. The Morgan fingerprint density at radius 1 is 1.07 bits per heavy atom. The second kappa shape index (κ2) is 6.61. The highest BCUT2D eigenvalue weighted by Gasteiger charge is 2.63. The van der Waals surface area contributed by atoms with Crippen LogP contribution in [0.3, 0.4) is 0 Å². The maximum Gasteiger partial charge on any atom is 0.303 e. The maximum absolute atomic E-state index is 11.4. The predicted octanol–water partition coefficient (Wildman–Crippen LogP) is 5.43. The third kappa shape index (κ3) is 2.82. The summed E-state index contributed by atoms with van der Waals surface area (Å²) in [6.45, 7) is 7.19. The van der Waals surface area contributed by atoms with Gasteiger partial charge in [-0.2, -0.15) is 0 Å². The SMILES string of the molecule is C[C@H](CCC(=O)O)[C@H]1CC[C@H]2[C@@H]3CCC4(O)CC=CC[C@]4(C)[C@H]3CC[C@]12C. The Labute approximate surface area is 164 Å². The van der Waals surface area contributed by atoms with Gasteiger partial charge >= 0.3 is 5.97 Å². The van der Waals surface area contributed by atoms with E-state index in [0.29, 0.717) is 29.6 Å². The van der Waals surface area contributed by atoms with E-state index in [1.54, 1.807) is 0 Å². The summed E-state index contributed by atoms with van der Waals surface area (Å²) >= 11 is 0. The lowest BCUT2D eigenvalue weighted by molar-refractivity contribution is -0.188. The first-order chi connectivity index (χ1) is 12.7. The Balaban J connectivity index is 1.55. The third-order valence-electron chi connectivity index (χ3n) is 9.95. The van der Waals surface area contributed by atoms with Gasteiger partial charge in [-0.15, -0.1) is 0 Å². The molecule has 27 heavy (non-hydrogen) atoms. The smallest absolute Gasteiger partial charge is 0.303 e. The summed E-state index contributed by atoms with van der Waals surface area (Å²) in [6, 6.07) is 0. The molecule has 0 aromatic heterocycles. The highest BCUT2D eigenvalue weighted by atomic mass is 16.4. The molecule has 8 atom stereocenters. The molecular formula is C24H38O3. The molecule has 0 spiro atoms. The molecule has 0 bridgehead atoms. The van der Waals surface area contributed by atoms with Gasteiger partial charge in [0, 0.05) is 11.8 Å². The van der Waals surface area contributed by atoms with Gasteiger partial charge in [-0.1, -0.05) is 32.9 Å². The number of carboxylic acid groups (broad SMARTS) is 1. The fourth-order valence-corrected chi connectivity index (χ4v) is 8.33. The van der Waals surface area contributed by atoms with Gasteiger partial charge in [-0.3, -0.25) is 4.79 Å². The molecule has 0 amide bonds. The molecule has 3 fully saturated rings. The first-order valence-electron chi connectivity index (χ1n) is 11.3. The van der Waals surface area contributed by atoms with Crippen LogP contribution in [0.15, 0.2) is 12.2 Å². The monoisotopic (exact) mass is 374 g/mol. The van der Waals surface area contributed by atoms with Crippen LogP contribution < -0.4 is 0 Å². The van der Waals surface area contributed by atoms with Crippen molar-refractivity contribution in [3.8, 4) is 0 Å². The first-order valence-corrected chi connectivity index (χ1v) is 11.3. The van der Waals surface area contributed by atoms with Crippen LogP contribution in [-0.2, 0) is 4.79 Å². The average Bonchev–Trinajstić information content (AvgIpc) is 2.97. The molecule has 0 saturated heterocycles. The van der Waals surface area contributed by atoms with Crippen LogP contribution in [0.2, 0.25) is 0 Å². The average molecular weight is 375 g/mol. The van der Waals surface area contributed by atoms with E-state index in [2.05, 4.69) is 32.9 Å². The van der Waals surface area contributed by atoms with Gasteiger partial charge in [0.25, 0.3) is 0 Å². The van der Waals surface area contributed by atoms with Crippen molar-refractivity contribution in [3.63, 3.8) is 0 Å². The molecule has 0 aliphatic heterocycles. The lowest BCUT2D eigenvalue weighted by Crippen LogP contribution is -2.60. The zero-order chi connectivity index (χ0) is 19.4. The zero-order valence-electron chi connectivity index (χ0n) is 17.4. The number of fused-ring (bicyclic) bond motifs is 5. The minimum absolute atomic E-state index is 0.0407. The van der Waals surface area contributed by atoms with Crippen molar-refractivity contribution in [3.05, 3.63) is 12.2 Å². The molecule has 2 N–H and O–H groups in total. The fourth-order valence-electron chi connectivity index (χ4n) is 8.33. The lowest BCUT2D eigenvalue weighted by Gasteiger charge is -2.63. The van der Waals surface area contributed by atoms with E-state index in [-0.39, 0.29) is 5.41 Å². The second-order valence-corrected chi connectivity index (χ2v) is 10.9. The highest BCUT2D eigenvalue weighted by Crippen LogP contribution is 2.68. The van der Waals surface area contributed by atoms with Gasteiger partial charge in [0.2, 0.25) is 0 Å². The number of rotatable bonds is 4. The number of hydrogen-bond acceptors (Lipinski definition) is 2. The summed E-state index contributed by atoms with van der Waals surface area (Å²) in [6.07, 6.45) is 14.7. The summed E-state index contributed by atoms with van der Waals surface area (Å²) in [7, 11) is 0. The van der Waals surface area contributed by atoms with E-state index in [1.165, 1.54) is 32.1 Å². The molecule has 0 aromatic rings. The van der Waals surface area contributed by atoms with Gasteiger partial charge in [0.05, 0.1) is 5.60 Å². The van der Waals surface area contributed by atoms with Crippen LogP contribution in [0, 0.1) is 40.4 Å². The van der Waals surface area contributed by atoms with Crippen molar-refractivity contribution >= 4 is 5.97 Å². The van der Waals surface area contributed by atoms with Gasteiger partial charge in [0.1, 0.15) is 0 Å². The Kier molecular flexibility index (Phi) is 4.77. The normalized spacial score (nSPS) is 49.8. The standard InChI is InChI=1S/C24H38O3/c1-16(6-9-21(25)26)18-7-8-19-17-10-15-24(27)13-5-4-12-23(24,3)20(17)11-14-22(18,19)2/h4-5,16-20,27H,6-15H2,1-3H3,(H,25,26)/t16-,17+,18-,19+,20+,22-,23-,24?/m1/s1. The van der Waals surface area contributed by atoms with Crippen molar-refractivity contribution in [1.29, 1.82) is 0 Å². The molecule has 4 aliphatic carbocycles. The molecule has 3 heteroatoms. The van der Waals surface area contributed by atoms with Crippen LogP contribution in [0.5, 0.6) is 0 Å². The third-order valence-corrected chi connectivity index (χ3v) is 9.95. The quantitative estimate of drug-likeness (QED) is 0.645. The van der Waals surface area contributed by atoms with Crippen molar-refractivity contribution in [2.45, 2.75) is 90.6 Å². The predicted molar refractivity (Wildman–Crippen MR) is 107 cm³/mol. The Morgan fingerprint density at radius 3 is 2.56 bits per heavy atom. The first kappa shape index (κ1) is 19.5. The number of hydrogen-bond donors (Lipinski definition) is 2. The molecule has 3 nitrogen and oxygen atoms in total. The van der Waals surface area contributed by atoms with Crippen molar-refractivity contribution in [1.82, 2.24) is 0 Å². The number of aliphatic carboxylic acids is 1. The minimum atomic E-state index is -0.657. The summed E-state index contributed by atoms with van der Waals surface area (Å²) in [4.78, 5) is 11.0. The summed E-state index contributed by atoms with van der Waals surface area (Å²) in [5.41, 5.74) is -0.0855. The van der Waals surface area contributed by atoms with Crippen LogP contribution in [-0.4, -0.2) is 21.8 Å². The van der Waals surface area contributed by atoms with Gasteiger partial charge in [-0.25, -0.2) is 0 Å². The minimum Gasteiger partial charge on any atom is -0.481 e. The Hall–Kier alpha value is -0.830. The largest absolute Gasteiger partial charge is 0.481 e. The van der Waals surface area contributed by atoms with Crippen LogP contribution >= 0.6 is 0 Å². The van der Waals surface area contributed by atoms with E-state index in [4.69, 9.17) is 5.11 Å². The topological polar surface area (TPSA) is 57.5 Å². The molecule has 4 rings (SSSR count). The Morgan fingerprint density at radius 2 is 1.81 bits per heavy atom. The zero-order valence-corrected chi connectivity index (χ0v) is 17.4. The van der Waals surface area contributed by atoms with Gasteiger partial charge < -0.3 is 10.2 Å². The lowest BCUT2D eigenvalue weighted by atomic mass is 9.44. The van der Waals surface area contributed by atoms with Crippen LogP contribution in [0.25, 0.3) is 0 Å². The van der Waals surface area contributed by atoms with E-state index in [0.717, 1.165) is 37.5 Å². The van der Waals surface area contributed by atoms with E-state index < -0.39 is 11.6 Å². The Bertz CT molecular complexity index is 627. The molecule has 0 heterocycles. The maximum atomic E-state index is 11.4. The summed E-state index contributed by atoms with van der Waals surface area (Å²) < 4.78 is 0. The number of allylic oxidation sites excluding steroid dienone is 1. The second-order valence-electron chi connectivity index (χ2n) is 10.9. The molecule has 4 aliphatic rings. The number of carbonyl (C=O) groups is 1. The van der Waals surface area contributed by atoms with Crippen LogP contribution in [0.1, 0.15) is 85.0 Å². The summed E-state index contributed by atoms with van der Waals surface area (Å²) in [5.74, 6) is 2.67. The van der Waals surface area contributed by atoms with Gasteiger partial charge in [0.15, 0.2) is 0 Å². The van der Waals surface area contributed by atoms with Crippen LogP contribution in [0.4, 0.5) is 0 Å². The molecule has 0 aromatic carbocycles. The van der Waals surface area contributed by atoms with Crippen molar-refractivity contribution in [2.24, 2.45) is 40.4 Å². The fraction of sp³-hybridized carbons (Fsp3) is 0.875. The van der Waals surface area contributed by atoms with E-state index in [9.17, 15) is 9.90 Å². The van der Waals surface area contributed by atoms with E-state index in [1.807, 2.05) is 0 Å². The summed E-state index contributed by atoms with van der Waals surface area (Å²) in [5, 5.41) is 20.5. The molecule has 0 radical (unpaired) electrons. The van der Waals surface area contributed by atoms with Gasteiger partial charge in [-0.05, 0) is 92.8 Å². The number of aliphatic hydroxyl groups is 1. The van der Waals surface area contributed by atoms with E-state index >= 15 is 0 Å². The number of carboxylic acids is 1. The molecular weight excluding hydrogens is 336 g/mol. The highest BCUT2D eigenvalue weighted by molar-refractivity contribution is 5.66. The van der Waals surface area contributed by atoms with Crippen molar-refractivity contribution < 1.29 is 15.0 Å².